The molecule has 0 saturated carbocycles. The number of nitrogens with zero attached hydrogens (tertiary/aromatic N) is 1. The zero-order valence-corrected chi connectivity index (χ0v) is 14.8. The molecule has 2 rings (SSSR count). The maximum Gasteiger partial charge on any atom is 0.264 e. The lowest BCUT2D eigenvalue weighted by Crippen LogP contribution is -2.34. The van der Waals surface area contributed by atoms with Crippen LogP contribution in [0.15, 0.2) is 47.4 Å². The van der Waals surface area contributed by atoms with E-state index in [4.69, 9.17) is 34.7 Å². The topological polar surface area (TPSA) is 106 Å². The Kier molecular flexibility index (Phi) is 5.58. The number of benzene rings is 2. The monoisotopic (exact) mass is 387 g/mol. The van der Waals surface area contributed by atoms with E-state index in [-0.39, 0.29) is 33.6 Å². The van der Waals surface area contributed by atoms with Gasteiger partial charge in [-0.25, -0.2) is 8.42 Å². The molecular formula is C15H15Cl2N3O3S. The van der Waals surface area contributed by atoms with Crippen LogP contribution in [-0.4, -0.2) is 20.9 Å². The van der Waals surface area contributed by atoms with Gasteiger partial charge in [-0.2, -0.15) is 0 Å². The third-order valence-electron chi connectivity index (χ3n) is 3.25. The average Bonchev–Trinajstić information content (AvgIpc) is 2.52. The van der Waals surface area contributed by atoms with Crippen molar-refractivity contribution in [3.63, 3.8) is 0 Å². The van der Waals surface area contributed by atoms with E-state index < -0.39 is 15.9 Å². The van der Waals surface area contributed by atoms with Gasteiger partial charge in [-0.15, -0.1) is 0 Å². The molecule has 128 valence electrons. The first-order valence-corrected chi connectivity index (χ1v) is 9.03. The van der Waals surface area contributed by atoms with Crippen LogP contribution in [0, 0.1) is 0 Å². The first-order chi connectivity index (χ1) is 11.2. The maximum absolute atomic E-state index is 13.0. The van der Waals surface area contributed by atoms with Gasteiger partial charge in [0.2, 0.25) is 5.91 Å². The van der Waals surface area contributed by atoms with Gasteiger partial charge in [0.1, 0.15) is 0 Å². The highest BCUT2D eigenvalue weighted by Crippen LogP contribution is 2.33. The van der Waals surface area contributed by atoms with Gasteiger partial charge in [-0.1, -0.05) is 41.4 Å². The third kappa shape index (κ3) is 3.92. The van der Waals surface area contributed by atoms with Crippen LogP contribution < -0.4 is 15.8 Å². The number of carbonyl (C=O) groups excluding carboxylic acids is 1. The molecule has 0 atom stereocenters. The Morgan fingerprint density at radius 1 is 1.08 bits per heavy atom. The second kappa shape index (κ2) is 7.29. The predicted molar refractivity (Wildman–Crippen MR) is 95.7 cm³/mol. The fourth-order valence-electron chi connectivity index (χ4n) is 2.03. The van der Waals surface area contributed by atoms with Crippen molar-refractivity contribution in [2.24, 2.45) is 5.73 Å². The first-order valence-electron chi connectivity index (χ1n) is 6.84. The summed E-state index contributed by atoms with van der Waals surface area (Å²) < 4.78 is 27.0. The summed E-state index contributed by atoms with van der Waals surface area (Å²) in [5.41, 5.74) is 11.3. The third-order valence-corrected chi connectivity index (χ3v) is 5.68. The van der Waals surface area contributed by atoms with Crippen molar-refractivity contribution in [2.45, 2.75) is 11.3 Å². The van der Waals surface area contributed by atoms with Crippen molar-refractivity contribution in [2.75, 3.05) is 16.6 Å². The molecule has 0 fully saturated rings. The minimum atomic E-state index is -4.01. The number of rotatable bonds is 6. The maximum atomic E-state index is 13.0. The molecule has 0 unspecified atom stereocenters. The number of carbonyl (C=O) groups is 1. The van der Waals surface area contributed by atoms with Crippen LogP contribution in [0.25, 0.3) is 0 Å². The number of halogens is 2. The molecule has 0 aliphatic heterocycles. The van der Waals surface area contributed by atoms with E-state index in [0.717, 1.165) is 4.31 Å². The van der Waals surface area contributed by atoms with Crippen LogP contribution in [-0.2, 0) is 14.8 Å². The van der Waals surface area contributed by atoms with Crippen molar-refractivity contribution in [3.05, 3.63) is 52.5 Å². The Balaban J connectivity index is 2.53. The van der Waals surface area contributed by atoms with Gasteiger partial charge in [0.15, 0.2) is 0 Å². The van der Waals surface area contributed by atoms with Crippen LogP contribution in [0.4, 0.5) is 11.4 Å². The Bertz CT molecular complexity index is 835. The first kappa shape index (κ1) is 18.4. The minimum Gasteiger partial charge on any atom is -0.396 e. The Labute approximate surface area is 150 Å². The highest BCUT2D eigenvalue weighted by Gasteiger charge is 2.26. The van der Waals surface area contributed by atoms with Crippen molar-refractivity contribution in [3.8, 4) is 0 Å². The molecular weight excluding hydrogens is 373 g/mol. The molecule has 0 aliphatic carbocycles. The minimum absolute atomic E-state index is 0.0315. The molecule has 0 heterocycles. The number of hydrogen-bond donors (Lipinski definition) is 2. The van der Waals surface area contributed by atoms with Crippen LogP contribution in [0.1, 0.15) is 6.42 Å². The quantitative estimate of drug-likeness (QED) is 0.742. The van der Waals surface area contributed by atoms with Crippen LogP contribution in [0.3, 0.4) is 0 Å². The van der Waals surface area contributed by atoms with Crippen LogP contribution in [0.5, 0.6) is 0 Å². The fraction of sp³-hybridized carbons (Fsp3) is 0.133. The summed E-state index contributed by atoms with van der Waals surface area (Å²) in [7, 11) is -4.01. The second-order valence-electron chi connectivity index (χ2n) is 4.93. The zero-order valence-electron chi connectivity index (χ0n) is 12.4. The van der Waals surface area contributed by atoms with Crippen LogP contribution in [0.2, 0.25) is 10.0 Å². The number of anilines is 2. The van der Waals surface area contributed by atoms with Crippen molar-refractivity contribution >= 4 is 50.5 Å². The number of amides is 1. The summed E-state index contributed by atoms with van der Waals surface area (Å²) in [5.74, 6) is -0.612. The molecule has 2 aromatic rings. The van der Waals surface area contributed by atoms with Crippen molar-refractivity contribution in [1.82, 2.24) is 0 Å². The number of nitrogen functional groups attached to an aromatic ring is 1. The lowest BCUT2D eigenvalue weighted by atomic mass is 10.3. The lowest BCUT2D eigenvalue weighted by Gasteiger charge is -2.24. The molecule has 24 heavy (non-hydrogen) atoms. The van der Waals surface area contributed by atoms with E-state index in [2.05, 4.69) is 0 Å². The average molecular weight is 388 g/mol. The second-order valence-corrected chi connectivity index (χ2v) is 7.61. The van der Waals surface area contributed by atoms with Gasteiger partial charge >= 0.3 is 0 Å². The Hall–Kier alpha value is -1.96. The molecule has 4 N–H and O–H groups in total. The summed E-state index contributed by atoms with van der Waals surface area (Å²) in [6, 6.07) is 10.8. The molecule has 0 bridgehead atoms. The number of sulfonamides is 1. The molecule has 0 saturated heterocycles. The van der Waals surface area contributed by atoms with E-state index in [1.807, 2.05) is 0 Å². The molecule has 0 aliphatic rings. The normalized spacial score (nSPS) is 11.2. The lowest BCUT2D eigenvalue weighted by molar-refractivity contribution is -0.117. The molecule has 0 spiro atoms. The van der Waals surface area contributed by atoms with Gasteiger partial charge in [0, 0.05) is 13.0 Å². The Morgan fingerprint density at radius 2 is 1.62 bits per heavy atom. The van der Waals surface area contributed by atoms with Crippen molar-refractivity contribution in [1.29, 1.82) is 0 Å². The largest absolute Gasteiger partial charge is 0.396 e. The van der Waals surface area contributed by atoms with Gasteiger partial charge in [-0.05, 0) is 24.3 Å². The molecule has 9 heteroatoms. The number of primary amides is 1. The molecule has 6 nitrogen and oxygen atoms in total. The summed E-state index contributed by atoms with van der Waals surface area (Å²) in [5, 5.41) is 0.0629. The number of hydrogen-bond acceptors (Lipinski definition) is 4. The number of para-hydroxylation sites is 1. The predicted octanol–water partition coefficient (Wildman–Crippen LogP) is 2.65. The van der Waals surface area contributed by atoms with Gasteiger partial charge in [0.25, 0.3) is 10.0 Å². The smallest absolute Gasteiger partial charge is 0.264 e. The van der Waals surface area contributed by atoms with Gasteiger partial charge < -0.3 is 11.5 Å². The molecule has 0 aromatic heterocycles. The van der Waals surface area contributed by atoms with Gasteiger partial charge in [-0.3, -0.25) is 9.10 Å². The molecule has 1 amide bonds. The summed E-state index contributed by atoms with van der Waals surface area (Å²) in [6.45, 7) is -0.110. The SMILES string of the molecule is NC(=O)CCN(c1ccccc1)S(=O)(=O)c1cc(Cl)c(N)c(Cl)c1. The van der Waals surface area contributed by atoms with Gasteiger partial charge in [0.05, 0.1) is 26.3 Å². The standard InChI is InChI=1S/C15H15Cl2N3O3S/c16-12-8-11(9-13(17)15(12)19)24(22,23)20(7-6-14(18)21)10-4-2-1-3-5-10/h1-5,8-9H,6-7,19H2,(H2,18,21). The van der Waals surface area contributed by atoms with Crippen molar-refractivity contribution < 1.29 is 13.2 Å². The highest BCUT2D eigenvalue weighted by molar-refractivity contribution is 7.92. The highest BCUT2D eigenvalue weighted by atomic mass is 35.5. The van der Waals surface area contributed by atoms with E-state index >= 15 is 0 Å². The van der Waals surface area contributed by atoms with E-state index in [1.54, 1.807) is 30.3 Å². The number of nitrogens with two attached hydrogens (primary N) is 2. The van der Waals surface area contributed by atoms with E-state index in [0.29, 0.717) is 5.69 Å². The zero-order chi connectivity index (χ0) is 17.9. The fourth-order valence-corrected chi connectivity index (χ4v) is 4.17. The summed E-state index contributed by atoms with van der Waals surface area (Å²) in [6.07, 6.45) is -0.134. The Morgan fingerprint density at radius 3 is 2.12 bits per heavy atom. The summed E-state index contributed by atoms with van der Waals surface area (Å²) in [4.78, 5) is 11.0. The summed E-state index contributed by atoms with van der Waals surface area (Å²) >= 11 is 11.9. The van der Waals surface area contributed by atoms with E-state index in [1.165, 1.54) is 12.1 Å². The molecule has 2 aromatic carbocycles. The van der Waals surface area contributed by atoms with Crippen LogP contribution >= 0.6 is 23.2 Å². The van der Waals surface area contributed by atoms with E-state index in [9.17, 15) is 13.2 Å². The molecule has 0 radical (unpaired) electrons.